The number of carbonyl (C=O) groups excluding carboxylic acids is 1. The topological polar surface area (TPSA) is 40.5 Å². The molecular formula is C15H29NO2. The second-order valence-electron chi connectivity index (χ2n) is 5.95. The maximum atomic E-state index is 12.5. The zero-order valence-electron chi connectivity index (χ0n) is 12.2. The van der Waals surface area contributed by atoms with Crippen LogP contribution in [0.2, 0.25) is 0 Å². The third-order valence-corrected chi connectivity index (χ3v) is 4.00. The van der Waals surface area contributed by atoms with Gasteiger partial charge in [-0.15, -0.1) is 0 Å². The highest BCUT2D eigenvalue weighted by molar-refractivity contribution is 5.78. The van der Waals surface area contributed by atoms with E-state index in [1.807, 2.05) is 11.8 Å². The highest BCUT2D eigenvalue weighted by Crippen LogP contribution is 2.24. The van der Waals surface area contributed by atoms with Gasteiger partial charge in [0.2, 0.25) is 5.91 Å². The predicted octanol–water partition coefficient (Wildman–Crippen LogP) is 2.97. The van der Waals surface area contributed by atoms with Gasteiger partial charge in [-0.2, -0.15) is 0 Å². The van der Waals surface area contributed by atoms with Gasteiger partial charge in [0.05, 0.1) is 5.60 Å². The molecule has 1 aliphatic rings. The van der Waals surface area contributed by atoms with Gasteiger partial charge >= 0.3 is 0 Å². The molecule has 1 atom stereocenters. The summed E-state index contributed by atoms with van der Waals surface area (Å²) in [5, 5.41) is 10.1. The molecule has 0 aromatic carbocycles. The molecule has 1 heterocycles. The summed E-state index contributed by atoms with van der Waals surface area (Å²) < 4.78 is 0. The summed E-state index contributed by atoms with van der Waals surface area (Å²) in [7, 11) is 0. The normalized spacial score (nSPS) is 25.3. The van der Waals surface area contributed by atoms with Crippen molar-refractivity contribution in [2.24, 2.45) is 5.92 Å². The fraction of sp³-hybridized carbons (Fsp3) is 0.933. The van der Waals surface area contributed by atoms with Crippen LogP contribution in [0.15, 0.2) is 0 Å². The quantitative estimate of drug-likeness (QED) is 0.820. The minimum Gasteiger partial charge on any atom is -0.390 e. The molecule has 1 fully saturated rings. The van der Waals surface area contributed by atoms with Gasteiger partial charge < -0.3 is 10.0 Å². The Bertz CT molecular complexity index is 257. The van der Waals surface area contributed by atoms with Crippen LogP contribution in [0.3, 0.4) is 0 Å². The Balaban J connectivity index is 2.58. The van der Waals surface area contributed by atoms with Crippen molar-refractivity contribution in [2.75, 3.05) is 13.1 Å². The number of rotatable bonds is 5. The van der Waals surface area contributed by atoms with Crippen LogP contribution in [0, 0.1) is 5.92 Å². The first-order valence-corrected chi connectivity index (χ1v) is 7.51. The SMILES string of the molecule is CCCC(CCC)C(=O)N1CCCC(C)(O)CC1. The average molecular weight is 255 g/mol. The molecule has 1 saturated heterocycles. The second-order valence-corrected chi connectivity index (χ2v) is 5.95. The highest BCUT2D eigenvalue weighted by Gasteiger charge is 2.29. The molecular weight excluding hydrogens is 226 g/mol. The molecule has 0 bridgehead atoms. The molecule has 3 heteroatoms. The first kappa shape index (κ1) is 15.5. The first-order valence-electron chi connectivity index (χ1n) is 7.51. The molecule has 1 N–H and O–H groups in total. The van der Waals surface area contributed by atoms with Crippen LogP contribution in [-0.4, -0.2) is 34.6 Å². The van der Waals surface area contributed by atoms with Crippen molar-refractivity contribution in [1.82, 2.24) is 4.90 Å². The first-order chi connectivity index (χ1) is 8.50. The molecule has 1 rings (SSSR count). The number of likely N-dealkylation sites (tertiary alicyclic amines) is 1. The zero-order valence-corrected chi connectivity index (χ0v) is 12.2. The Morgan fingerprint density at radius 2 is 1.83 bits per heavy atom. The van der Waals surface area contributed by atoms with Gasteiger partial charge in [-0.05, 0) is 39.0 Å². The Labute approximate surface area is 112 Å². The fourth-order valence-corrected chi connectivity index (χ4v) is 2.83. The van der Waals surface area contributed by atoms with Crippen LogP contribution >= 0.6 is 0 Å². The lowest BCUT2D eigenvalue weighted by molar-refractivity contribution is -0.136. The molecule has 0 saturated carbocycles. The molecule has 1 aliphatic heterocycles. The monoisotopic (exact) mass is 255 g/mol. The van der Waals surface area contributed by atoms with Crippen LogP contribution in [0.4, 0.5) is 0 Å². The van der Waals surface area contributed by atoms with Crippen molar-refractivity contribution < 1.29 is 9.90 Å². The molecule has 0 aliphatic carbocycles. The summed E-state index contributed by atoms with van der Waals surface area (Å²) >= 11 is 0. The zero-order chi connectivity index (χ0) is 13.6. The summed E-state index contributed by atoms with van der Waals surface area (Å²) in [6, 6.07) is 0. The van der Waals surface area contributed by atoms with E-state index in [-0.39, 0.29) is 5.92 Å². The maximum absolute atomic E-state index is 12.5. The van der Waals surface area contributed by atoms with E-state index < -0.39 is 5.60 Å². The van der Waals surface area contributed by atoms with Crippen molar-refractivity contribution in [1.29, 1.82) is 0 Å². The lowest BCUT2D eigenvalue weighted by atomic mass is 9.96. The van der Waals surface area contributed by atoms with E-state index in [2.05, 4.69) is 13.8 Å². The van der Waals surface area contributed by atoms with Crippen molar-refractivity contribution in [3.8, 4) is 0 Å². The van der Waals surface area contributed by atoms with Gasteiger partial charge in [0.15, 0.2) is 0 Å². The number of carbonyl (C=O) groups is 1. The van der Waals surface area contributed by atoms with E-state index in [0.717, 1.165) is 51.6 Å². The molecule has 0 spiro atoms. The highest BCUT2D eigenvalue weighted by atomic mass is 16.3. The van der Waals surface area contributed by atoms with E-state index in [1.165, 1.54) is 0 Å². The Hall–Kier alpha value is -0.570. The number of aliphatic hydroxyl groups is 1. The largest absolute Gasteiger partial charge is 0.390 e. The summed E-state index contributed by atoms with van der Waals surface area (Å²) in [6.07, 6.45) is 6.58. The van der Waals surface area contributed by atoms with Crippen molar-refractivity contribution in [3.63, 3.8) is 0 Å². The summed E-state index contributed by atoms with van der Waals surface area (Å²) in [4.78, 5) is 14.5. The lowest BCUT2D eigenvalue weighted by Gasteiger charge is -2.26. The molecule has 18 heavy (non-hydrogen) atoms. The maximum Gasteiger partial charge on any atom is 0.225 e. The Morgan fingerprint density at radius 1 is 1.22 bits per heavy atom. The minimum absolute atomic E-state index is 0.197. The standard InChI is InChI=1S/C15H29NO2/c1-4-7-13(8-5-2)14(17)16-11-6-9-15(3,18)10-12-16/h13,18H,4-12H2,1-3H3. The van der Waals surface area contributed by atoms with Crippen LogP contribution in [-0.2, 0) is 4.79 Å². The van der Waals surface area contributed by atoms with Crippen LogP contribution < -0.4 is 0 Å². The van der Waals surface area contributed by atoms with Crippen LogP contribution in [0.1, 0.15) is 65.7 Å². The van der Waals surface area contributed by atoms with E-state index >= 15 is 0 Å². The molecule has 0 aromatic rings. The second kappa shape index (κ2) is 7.13. The lowest BCUT2D eigenvalue weighted by Crippen LogP contribution is -2.37. The molecule has 1 amide bonds. The van der Waals surface area contributed by atoms with Crippen LogP contribution in [0.5, 0.6) is 0 Å². The third-order valence-electron chi connectivity index (χ3n) is 4.00. The van der Waals surface area contributed by atoms with Crippen molar-refractivity contribution >= 4 is 5.91 Å². The summed E-state index contributed by atoms with van der Waals surface area (Å²) in [5.41, 5.74) is -0.583. The van der Waals surface area contributed by atoms with Gasteiger partial charge in [-0.25, -0.2) is 0 Å². The Kier molecular flexibility index (Phi) is 6.13. The van der Waals surface area contributed by atoms with Crippen molar-refractivity contribution in [3.05, 3.63) is 0 Å². The minimum atomic E-state index is -0.583. The number of amides is 1. The molecule has 0 radical (unpaired) electrons. The molecule has 0 aromatic heterocycles. The molecule has 1 unspecified atom stereocenters. The van der Waals surface area contributed by atoms with E-state index in [1.54, 1.807) is 0 Å². The number of nitrogens with zero attached hydrogens (tertiary/aromatic N) is 1. The average Bonchev–Trinajstić information content (AvgIpc) is 2.49. The number of hydrogen-bond acceptors (Lipinski definition) is 2. The van der Waals surface area contributed by atoms with E-state index in [0.29, 0.717) is 12.3 Å². The third kappa shape index (κ3) is 4.60. The smallest absolute Gasteiger partial charge is 0.225 e. The van der Waals surface area contributed by atoms with Gasteiger partial charge in [-0.3, -0.25) is 4.79 Å². The van der Waals surface area contributed by atoms with Gasteiger partial charge in [0.25, 0.3) is 0 Å². The van der Waals surface area contributed by atoms with Gasteiger partial charge in [-0.1, -0.05) is 26.7 Å². The predicted molar refractivity (Wildman–Crippen MR) is 74.4 cm³/mol. The van der Waals surface area contributed by atoms with Gasteiger partial charge in [0, 0.05) is 19.0 Å². The summed E-state index contributed by atoms with van der Waals surface area (Å²) in [5.74, 6) is 0.513. The number of hydrogen-bond donors (Lipinski definition) is 1. The fourth-order valence-electron chi connectivity index (χ4n) is 2.83. The van der Waals surface area contributed by atoms with E-state index in [9.17, 15) is 9.90 Å². The van der Waals surface area contributed by atoms with Crippen molar-refractivity contribution in [2.45, 2.75) is 71.3 Å². The Morgan fingerprint density at radius 3 is 2.39 bits per heavy atom. The van der Waals surface area contributed by atoms with Gasteiger partial charge in [0.1, 0.15) is 0 Å². The molecule has 3 nitrogen and oxygen atoms in total. The molecule has 106 valence electrons. The van der Waals surface area contributed by atoms with Crippen LogP contribution in [0.25, 0.3) is 0 Å². The summed E-state index contributed by atoms with van der Waals surface area (Å²) in [6.45, 7) is 7.71. The van der Waals surface area contributed by atoms with E-state index in [4.69, 9.17) is 0 Å².